The van der Waals surface area contributed by atoms with Gasteiger partial charge in [0.25, 0.3) is 0 Å². The number of para-hydroxylation sites is 1. The molecule has 0 amide bonds. The van der Waals surface area contributed by atoms with Gasteiger partial charge < -0.3 is 5.11 Å². The van der Waals surface area contributed by atoms with Gasteiger partial charge >= 0.3 is 5.97 Å². The van der Waals surface area contributed by atoms with Crippen molar-refractivity contribution in [3.63, 3.8) is 0 Å². The summed E-state index contributed by atoms with van der Waals surface area (Å²) in [5, 5.41) is 16.8. The van der Waals surface area contributed by atoms with Gasteiger partial charge in [-0.05, 0) is 26.0 Å². The predicted octanol–water partition coefficient (Wildman–Crippen LogP) is 2.06. The molecule has 0 radical (unpaired) electrons. The lowest BCUT2D eigenvalue weighted by Gasteiger charge is -2.16. The van der Waals surface area contributed by atoms with Crippen molar-refractivity contribution in [3.8, 4) is 5.69 Å². The van der Waals surface area contributed by atoms with E-state index in [1.54, 1.807) is 38.2 Å². The molecular formula is C13H14FN3O2. The average Bonchev–Trinajstić information content (AvgIpc) is 2.77. The maximum Gasteiger partial charge on any atom is 0.309 e. The van der Waals surface area contributed by atoms with Crippen molar-refractivity contribution < 1.29 is 14.3 Å². The molecule has 0 atom stereocenters. The number of carbonyl (C=O) groups is 1. The van der Waals surface area contributed by atoms with Crippen LogP contribution in [0.15, 0.2) is 30.5 Å². The molecule has 1 aromatic heterocycles. The van der Waals surface area contributed by atoms with Crippen molar-refractivity contribution in [1.29, 1.82) is 0 Å². The normalized spacial score (nSPS) is 11.5. The fraction of sp³-hybridized carbons (Fsp3) is 0.308. The minimum Gasteiger partial charge on any atom is -0.481 e. The van der Waals surface area contributed by atoms with Gasteiger partial charge in [-0.3, -0.25) is 4.79 Å². The first kappa shape index (κ1) is 13.2. The first-order valence-corrected chi connectivity index (χ1v) is 5.80. The quantitative estimate of drug-likeness (QED) is 0.916. The van der Waals surface area contributed by atoms with E-state index >= 15 is 0 Å². The summed E-state index contributed by atoms with van der Waals surface area (Å²) in [6.07, 6.45) is 1.78. The van der Waals surface area contributed by atoms with Crippen molar-refractivity contribution in [1.82, 2.24) is 15.0 Å². The van der Waals surface area contributed by atoms with Gasteiger partial charge in [0.2, 0.25) is 0 Å². The third-order valence-electron chi connectivity index (χ3n) is 2.84. The molecule has 1 N–H and O–H groups in total. The van der Waals surface area contributed by atoms with E-state index in [4.69, 9.17) is 5.11 Å². The summed E-state index contributed by atoms with van der Waals surface area (Å²) in [5.74, 6) is -1.32. The summed E-state index contributed by atoms with van der Waals surface area (Å²) in [6, 6.07) is 6.19. The average molecular weight is 263 g/mol. The standard InChI is InChI=1S/C13H14FN3O2/c1-13(2,12(18)19)7-9-8-17(16-15-9)11-6-4-3-5-10(11)14/h3-6,8H,7H2,1-2H3,(H,18,19). The third kappa shape index (κ3) is 2.78. The van der Waals surface area contributed by atoms with Crippen LogP contribution in [0.25, 0.3) is 5.69 Å². The van der Waals surface area contributed by atoms with E-state index in [0.717, 1.165) is 0 Å². The van der Waals surface area contributed by atoms with Gasteiger partial charge in [0.15, 0.2) is 0 Å². The molecule has 1 heterocycles. The number of hydrogen-bond acceptors (Lipinski definition) is 3. The first-order chi connectivity index (χ1) is 8.90. The van der Waals surface area contributed by atoms with Gasteiger partial charge in [0.1, 0.15) is 11.5 Å². The number of hydrogen-bond donors (Lipinski definition) is 1. The summed E-state index contributed by atoms with van der Waals surface area (Å²) in [6.45, 7) is 3.22. The molecule has 100 valence electrons. The number of rotatable bonds is 4. The van der Waals surface area contributed by atoms with E-state index in [1.807, 2.05) is 0 Å². The maximum atomic E-state index is 13.6. The number of carboxylic acids is 1. The van der Waals surface area contributed by atoms with E-state index in [0.29, 0.717) is 5.69 Å². The second-order valence-electron chi connectivity index (χ2n) is 4.97. The fourth-order valence-electron chi connectivity index (χ4n) is 1.66. The maximum absolute atomic E-state index is 13.6. The van der Waals surface area contributed by atoms with E-state index in [2.05, 4.69) is 10.3 Å². The molecule has 0 saturated carbocycles. The highest BCUT2D eigenvalue weighted by molar-refractivity contribution is 5.73. The minimum absolute atomic E-state index is 0.233. The van der Waals surface area contributed by atoms with E-state index in [9.17, 15) is 9.18 Å². The van der Waals surface area contributed by atoms with Crippen LogP contribution in [0.3, 0.4) is 0 Å². The van der Waals surface area contributed by atoms with Gasteiger partial charge in [0, 0.05) is 6.42 Å². The molecule has 5 nitrogen and oxygen atoms in total. The Morgan fingerprint density at radius 3 is 2.74 bits per heavy atom. The zero-order valence-electron chi connectivity index (χ0n) is 10.7. The van der Waals surface area contributed by atoms with Crippen LogP contribution in [-0.4, -0.2) is 26.1 Å². The topological polar surface area (TPSA) is 68.0 Å². The summed E-state index contributed by atoms with van der Waals surface area (Å²) in [5.41, 5.74) is -0.138. The Kier molecular flexibility index (Phi) is 3.33. The summed E-state index contributed by atoms with van der Waals surface area (Å²) < 4.78 is 14.9. The molecule has 19 heavy (non-hydrogen) atoms. The fourth-order valence-corrected chi connectivity index (χ4v) is 1.66. The number of nitrogens with zero attached hydrogens (tertiary/aromatic N) is 3. The molecule has 0 fully saturated rings. The Hall–Kier alpha value is -2.24. The minimum atomic E-state index is -0.934. The second-order valence-corrected chi connectivity index (χ2v) is 4.97. The van der Waals surface area contributed by atoms with Crippen molar-refractivity contribution in [2.75, 3.05) is 0 Å². The first-order valence-electron chi connectivity index (χ1n) is 5.80. The largest absolute Gasteiger partial charge is 0.481 e. The summed E-state index contributed by atoms with van der Waals surface area (Å²) in [4.78, 5) is 11.0. The molecule has 0 spiro atoms. The van der Waals surface area contributed by atoms with E-state index < -0.39 is 17.2 Å². The molecule has 0 aliphatic heterocycles. The smallest absolute Gasteiger partial charge is 0.309 e. The lowest BCUT2D eigenvalue weighted by atomic mass is 9.88. The van der Waals surface area contributed by atoms with Crippen LogP contribution >= 0.6 is 0 Å². The number of aromatic nitrogens is 3. The molecule has 6 heteroatoms. The van der Waals surface area contributed by atoms with Crippen molar-refractivity contribution >= 4 is 5.97 Å². The molecular weight excluding hydrogens is 249 g/mol. The van der Waals surface area contributed by atoms with Crippen LogP contribution in [0.2, 0.25) is 0 Å². The summed E-state index contributed by atoms with van der Waals surface area (Å²) >= 11 is 0. The number of aliphatic carboxylic acids is 1. The second kappa shape index (κ2) is 4.79. The van der Waals surface area contributed by atoms with Gasteiger partial charge in [-0.25, -0.2) is 9.07 Å². The zero-order valence-corrected chi connectivity index (χ0v) is 10.7. The Morgan fingerprint density at radius 2 is 2.11 bits per heavy atom. The van der Waals surface area contributed by atoms with Crippen LogP contribution < -0.4 is 0 Å². The van der Waals surface area contributed by atoms with Gasteiger partial charge in [-0.15, -0.1) is 5.10 Å². The Morgan fingerprint density at radius 1 is 1.42 bits per heavy atom. The SMILES string of the molecule is CC(C)(Cc1cn(-c2ccccc2F)nn1)C(=O)O. The lowest BCUT2D eigenvalue weighted by Crippen LogP contribution is -2.26. The van der Waals surface area contributed by atoms with E-state index in [1.165, 1.54) is 10.7 Å². The lowest BCUT2D eigenvalue weighted by molar-refractivity contribution is -0.146. The monoisotopic (exact) mass is 263 g/mol. The molecule has 0 bridgehead atoms. The van der Waals surface area contributed by atoms with Crippen LogP contribution in [-0.2, 0) is 11.2 Å². The number of benzene rings is 1. The highest BCUT2D eigenvalue weighted by Gasteiger charge is 2.28. The summed E-state index contributed by atoms with van der Waals surface area (Å²) in [7, 11) is 0. The molecule has 0 aliphatic carbocycles. The Bertz CT molecular complexity index is 607. The van der Waals surface area contributed by atoms with Crippen molar-refractivity contribution in [2.24, 2.45) is 5.41 Å². The predicted molar refractivity (Wildman–Crippen MR) is 66.4 cm³/mol. The Balaban J connectivity index is 2.26. The molecule has 0 unspecified atom stereocenters. The number of carboxylic acid groups (broad SMARTS) is 1. The van der Waals surface area contributed by atoms with Crippen LogP contribution in [0.1, 0.15) is 19.5 Å². The van der Waals surface area contributed by atoms with Crippen molar-refractivity contribution in [2.45, 2.75) is 20.3 Å². The highest BCUT2D eigenvalue weighted by Crippen LogP contribution is 2.21. The molecule has 2 rings (SSSR count). The van der Waals surface area contributed by atoms with Crippen LogP contribution in [0, 0.1) is 11.2 Å². The van der Waals surface area contributed by atoms with Gasteiger partial charge in [0.05, 0.1) is 17.3 Å². The highest BCUT2D eigenvalue weighted by atomic mass is 19.1. The van der Waals surface area contributed by atoms with Crippen molar-refractivity contribution in [3.05, 3.63) is 42.0 Å². The third-order valence-corrected chi connectivity index (χ3v) is 2.84. The molecule has 0 aliphatic rings. The molecule has 1 aromatic carbocycles. The number of halogens is 1. The van der Waals surface area contributed by atoms with Crippen LogP contribution in [0.5, 0.6) is 0 Å². The van der Waals surface area contributed by atoms with Crippen LogP contribution in [0.4, 0.5) is 4.39 Å². The molecule has 0 saturated heterocycles. The van der Waals surface area contributed by atoms with Gasteiger partial charge in [-0.1, -0.05) is 17.3 Å². The zero-order chi connectivity index (χ0) is 14.0. The Labute approximate surface area is 109 Å². The van der Waals surface area contributed by atoms with Gasteiger partial charge in [-0.2, -0.15) is 0 Å². The molecule has 2 aromatic rings. The van der Waals surface area contributed by atoms with E-state index in [-0.39, 0.29) is 12.1 Å².